The van der Waals surface area contributed by atoms with Crippen molar-refractivity contribution in [3.05, 3.63) is 0 Å². The molecule has 5 aliphatic carbocycles. The SMILES string of the molecule is C[C@H]1CCC[C@H]2[C@]3(C)CC[C@@]4(C)[C@@H]5CC(C)(C)CC[C@]5(C)CC[C@]4(C)[C@@H]3[C@H](O)C[C@@]21C. The summed E-state index contributed by atoms with van der Waals surface area (Å²) in [7, 11) is 0. The molecule has 0 aromatic carbocycles. The van der Waals surface area contributed by atoms with Crippen LogP contribution in [0.25, 0.3) is 0 Å². The molecule has 5 rings (SSSR count). The minimum atomic E-state index is -0.114. The van der Waals surface area contributed by atoms with E-state index in [0.717, 1.165) is 24.2 Å². The van der Waals surface area contributed by atoms with E-state index in [9.17, 15) is 5.11 Å². The lowest BCUT2D eigenvalue weighted by atomic mass is 9.29. The zero-order valence-corrected chi connectivity index (χ0v) is 22.1. The number of rotatable bonds is 0. The van der Waals surface area contributed by atoms with Crippen LogP contribution in [0.3, 0.4) is 0 Å². The maximum Gasteiger partial charge on any atom is 0.0584 e. The second-order valence-electron chi connectivity index (χ2n) is 15.6. The largest absolute Gasteiger partial charge is 0.393 e. The summed E-state index contributed by atoms with van der Waals surface area (Å²) in [6, 6.07) is 0. The standard InChI is InChI=1S/C30H52O/c1-20-10-9-11-22-27(5)15-17-29(7)23-19-25(2,3)12-13-26(23,4)14-16-30(29,8)24(27)21(31)18-28(20,22)6/h20-24,31H,9-19H2,1-8H3/t20-,21+,22-,23+,24+,26+,27-,28+,29-,30+/m0/s1. The van der Waals surface area contributed by atoms with Crippen molar-refractivity contribution < 1.29 is 5.11 Å². The van der Waals surface area contributed by atoms with Crippen LogP contribution in [-0.2, 0) is 0 Å². The molecule has 0 radical (unpaired) electrons. The number of hydrogen-bond acceptors (Lipinski definition) is 1. The molecule has 0 heterocycles. The fourth-order valence-electron chi connectivity index (χ4n) is 11.5. The number of aliphatic hydroxyl groups is 1. The summed E-state index contributed by atoms with van der Waals surface area (Å²) in [6.07, 6.45) is 14.8. The van der Waals surface area contributed by atoms with E-state index in [2.05, 4.69) is 55.4 Å². The van der Waals surface area contributed by atoms with Crippen LogP contribution in [0.2, 0.25) is 0 Å². The van der Waals surface area contributed by atoms with Gasteiger partial charge in [0.1, 0.15) is 0 Å². The van der Waals surface area contributed by atoms with E-state index < -0.39 is 0 Å². The van der Waals surface area contributed by atoms with Gasteiger partial charge in [-0.15, -0.1) is 0 Å². The predicted octanol–water partition coefficient (Wildman–Crippen LogP) is 8.25. The molecule has 0 saturated heterocycles. The first-order valence-corrected chi connectivity index (χ1v) is 13.9. The van der Waals surface area contributed by atoms with E-state index in [0.29, 0.717) is 33.0 Å². The first-order chi connectivity index (χ1) is 14.2. The molecule has 0 spiro atoms. The van der Waals surface area contributed by atoms with Gasteiger partial charge in [0.25, 0.3) is 0 Å². The minimum absolute atomic E-state index is 0.114. The highest BCUT2D eigenvalue weighted by molar-refractivity contribution is 5.20. The Balaban J connectivity index is 1.59. The first-order valence-electron chi connectivity index (χ1n) is 13.9. The topological polar surface area (TPSA) is 20.2 Å². The molecule has 178 valence electrons. The van der Waals surface area contributed by atoms with Gasteiger partial charge in [-0.2, -0.15) is 0 Å². The van der Waals surface area contributed by atoms with Gasteiger partial charge >= 0.3 is 0 Å². The summed E-state index contributed by atoms with van der Waals surface area (Å²) in [5, 5.41) is 12.0. The molecule has 5 fully saturated rings. The molecule has 0 aromatic rings. The Morgan fingerprint density at radius 3 is 2.00 bits per heavy atom. The molecule has 0 aliphatic heterocycles. The lowest BCUT2D eigenvalue weighted by Crippen LogP contribution is -2.70. The lowest BCUT2D eigenvalue weighted by Gasteiger charge is -2.75. The van der Waals surface area contributed by atoms with Gasteiger partial charge in [0.15, 0.2) is 0 Å². The van der Waals surface area contributed by atoms with Gasteiger partial charge in [-0.3, -0.25) is 0 Å². The maximum atomic E-state index is 12.0. The van der Waals surface area contributed by atoms with Crippen LogP contribution in [0.5, 0.6) is 0 Å². The zero-order chi connectivity index (χ0) is 22.7. The first kappa shape index (κ1) is 22.7. The van der Waals surface area contributed by atoms with Crippen LogP contribution in [0.4, 0.5) is 0 Å². The Morgan fingerprint density at radius 2 is 1.29 bits per heavy atom. The third-order valence-electron chi connectivity index (χ3n) is 13.7. The quantitative estimate of drug-likeness (QED) is 0.412. The molecule has 1 nitrogen and oxygen atoms in total. The molecule has 1 N–H and O–H groups in total. The summed E-state index contributed by atoms with van der Waals surface area (Å²) in [5.41, 5.74) is 2.30. The monoisotopic (exact) mass is 428 g/mol. The minimum Gasteiger partial charge on any atom is -0.393 e. The number of aliphatic hydroxyl groups excluding tert-OH is 1. The van der Waals surface area contributed by atoms with E-state index in [1.165, 1.54) is 64.2 Å². The van der Waals surface area contributed by atoms with E-state index in [4.69, 9.17) is 0 Å². The molecule has 0 bridgehead atoms. The number of hydrogen-bond donors (Lipinski definition) is 1. The smallest absolute Gasteiger partial charge is 0.0584 e. The van der Waals surface area contributed by atoms with Crippen molar-refractivity contribution in [3.63, 3.8) is 0 Å². The summed E-state index contributed by atoms with van der Waals surface area (Å²) in [5.74, 6) is 2.86. The van der Waals surface area contributed by atoms with Gasteiger partial charge in [0.05, 0.1) is 6.10 Å². The normalized spacial score (nSPS) is 60.9. The van der Waals surface area contributed by atoms with Crippen LogP contribution in [0.15, 0.2) is 0 Å². The van der Waals surface area contributed by atoms with Gasteiger partial charge in [0, 0.05) is 0 Å². The van der Waals surface area contributed by atoms with Crippen LogP contribution >= 0.6 is 0 Å². The van der Waals surface area contributed by atoms with Crippen LogP contribution in [-0.4, -0.2) is 11.2 Å². The van der Waals surface area contributed by atoms with Crippen molar-refractivity contribution in [2.75, 3.05) is 0 Å². The number of fused-ring (bicyclic) bond motifs is 7. The van der Waals surface area contributed by atoms with Crippen molar-refractivity contribution in [1.29, 1.82) is 0 Å². The fourth-order valence-corrected chi connectivity index (χ4v) is 11.5. The van der Waals surface area contributed by atoms with E-state index in [1.807, 2.05) is 0 Å². The molecule has 0 unspecified atom stereocenters. The Bertz CT molecular complexity index is 741. The van der Waals surface area contributed by atoms with Crippen molar-refractivity contribution in [2.45, 2.75) is 132 Å². The van der Waals surface area contributed by atoms with Crippen molar-refractivity contribution >= 4 is 0 Å². The van der Waals surface area contributed by atoms with E-state index in [-0.39, 0.29) is 11.5 Å². The molecule has 5 saturated carbocycles. The Morgan fingerprint density at radius 1 is 0.645 bits per heavy atom. The molecule has 10 atom stereocenters. The van der Waals surface area contributed by atoms with Crippen LogP contribution in [0, 0.1) is 56.2 Å². The van der Waals surface area contributed by atoms with Crippen molar-refractivity contribution in [2.24, 2.45) is 56.2 Å². The highest BCUT2D eigenvalue weighted by Crippen LogP contribution is 2.78. The third kappa shape index (κ3) is 2.77. The summed E-state index contributed by atoms with van der Waals surface area (Å²) in [6.45, 7) is 20.7. The van der Waals surface area contributed by atoms with Gasteiger partial charge in [-0.05, 0) is 114 Å². The summed E-state index contributed by atoms with van der Waals surface area (Å²) < 4.78 is 0. The second kappa shape index (κ2) is 6.55. The van der Waals surface area contributed by atoms with Crippen molar-refractivity contribution in [1.82, 2.24) is 0 Å². The Labute approximate surface area is 193 Å². The molecule has 0 aromatic heterocycles. The fraction of sp³-hybridized carbons (Fsp3) is 1.00. The second-order valence-corrected chi connectivity index (χ2v) is 15.6. The Kier molecular flexibility index (Phi) is 4.80. The van der Waals surface area contributed by atoms with Crippen LogP contribution in [0.1, 0.15) is 126 Å². The average molecular weight is 429 g/mol. The van der Waals surface area contributed by atoms with E-state index in [1.54, 1.807) is 0 Å². The Hall–Kier alpha value is -0.0400. The summed E-state index contributed by atoms with van der Waals surface area (Å²) in [4.78, 5) is 0. The third-order valence-corrected chi connectivity index (χ3v) is 13.7. The molecule has 5 aliphatic rings. The highest BCUT2D eigenvalue weighted by atomic mass is 16.3. The lowest BCUT2D eigenvalue weighted by molar-refractivity contribution is -0.284. The van der Waals surface area contributed by atoms with Crippen LogP contribution < -0.4 is 0 Å². The highest BCUT2D eigenvalue weighted by Gasteiger charge is 2.72. The van der Waals surface area contributed by atoms with E-state index >= 15 is 0 Å². The molecule has 31 heavy (non-hydrogen) atoms. The maximum absolute atomic E-state index is 12.0. The molecular weight excluding hydrogens is 376 g/mol. The molecule has 1 heteroatoms. The van der Waals surface area contributed by atoms with Crippen molar-refractivity contribution in [3.8, 4) is 0 Å². The average Bonchev–Trinajstić information content (AvgIpc) is 2.67. The predicted molar refractivity (Wildman–Crippen MR) is 131 cm³/mol. The zero-order valence-electron chi connectivity index (χ0n) is 22.1. The molecule has 0 amide bonds. The van der Waals surface area contributed by atoms with Gasteiger partial charge < -0.3 is 5.11 Å². The molecular formula is C30H52O. The van der Waals surface area contributed by atoms with Gasteiger partial charge in [0.2, 0.25) is 0 Å². The summed E-state index contributed by atoms with van der Waals surface area (Å²) >= 11 is 0. The van der Waals surface area contributed by atoms with Gasteiger partial charge in [-0.1, -0.05) is 68.2 Å². The van der Waals surface area contributed by atoms with Gasteiger partial charge in [-0.25, -0.2) is 0 Å².